The van der Waals surface area contributed by atoms with Crippen molar-refractivity contribution in [3.63, 3.8) is 0 Å². The Morgan fingerprint density at radius 1 is 0.938 bits per heavy atom. The first-order valence-electron chi connectivity index (χ1n) is 10.1. The number of carbonyl (C=O) groups excluding carboxylic acids is 1. The van der Waals surface area contributed by atoms with E-state index in [0.29, 0.717) is 21.4 Å². The fraction of sp³-hybridized carbons (Fsp3) is 0.120. The molecule has 1 N–H and O–H groups in total. The molecule has 0 bridgehead atoms. The number of carbonyl (C=O) groups is 1. The fourth-order valence-corrected chi connectivity index (χ4v) is 4.49. The van der Waals surface area contributed by atoms with Gasteiger partial charge < -0.3 is 5.32 Å². The van der Waals surface area contributed by atoms with E-state index in [2.05, 4.69) is 51.5 Å². The van der Waals surface area contributed by atoms with E-state index in [9.17, 15) is 4.79 Å². The van der Waals surface area contributed by atoms with Crippen molar-refractivity contribution in [2.24, 2.45) is 0 Å². The highest BCUT2D eigenvalue weighted by Crippen LogP contribution is 2.31. The van der Waals surface area contributed by atoms with Gasteiger partial charge in [-0.2, -0.15) is 0 Å². The zero-order valence-electron chi connectivity index (χ0n) is 17.8. The predicted octanol–water partition coefficient (Wildman–Crippen LogP) is 6.18. The molecule has 0 unspecified atom stereocenters. The Morgan fingerprint density at radius 2 is 1.66 bits per heavy atom. The number of rotatable bonds is 7. The molecule has 160 valence electrons. The molecule has 0 fully saturated rings. The molecule has 32 heavy (non-hydrogen) atoms. The van der Waals surface area contributed by atoms with Gasteiger partial charge in [0.05, 0.1) is 16.8 Å². The van der Waals surface area contributed by atoms with Gasteiger partial charge >= 0.3 is 0 Å². The first-order chi connectivity index (χ1) is 15.6. The maximum atomic E-state index is 13.1. The van der Waals surface area contributed by atoms with Crippen LogP contribution in [-0.2, 0) is 5.75 Å². The fourth-order valence-electron chi connectivity index (χ4n) is 2.85. The summed E-state index contributed by atoms with van der Waals surface area (Å²) < 4.78 is 0. The van der Waals surface area contributed by atoms with E-state index in [1.807, 2.05) is 31.2 Å². The highest BCUT2D eigenvalue weighted by Gasteiger charge is 2.17. The molecule has 0 radical (unpaired) electrons. The largest absolute Gasteiger partial charge is 0.319 e. The zero-order chi connectivity index (χ0) is 22.3. The third kappa shape index (κ3) is 5.96. The monoisotopic (exact) mass is 458 g/mol. The topological polar surface area (TPSA) is 67.8 Å². The lowest BCUT2D eigenvalue weighted by molar-refractivity contribution is 0.101. The molecule has 4 rings (SSSR count). The van der Waals surface area contributed by atoms with Crippen LogP contribution in [0.15, 0.2) is 94.2 Å². The van der Waals surface area contributed by atoms with E-state index in [4.69, 9.17) is 0 Å². The maximum absolute atomic E-state index is 13.1. The number of benzene rings is 2. The molecule has 0 aliphatic heterocycles. The van der Waals surface area contributed by atoms with Crippen LogP contribution in [0.1, 0.15) is 27.2 Å². The van der Waals surface area contributed by atoms with Crippen LogP contribution in [-0.4, -0.2) is 20.9 Å². The second-order valence-corrected chi connectivity index (χ2v) is 9.31. The summed E-state index contributed by atoms with van der Waals surface area (Å²) in [5, 5.41) is 3.45. The van der Waals surface area contributed by atoms with Gasteiger partial charge in [-0.1, -0.05) is 71.0 Å². The normalized spacial score (nSPS) is 10.7. The molecular formula is C25H22N4OS2. The van der Waals surface area contributed by atoms with Crippen molar-refractivity contribution in [1.29, 1.82) is 0 Å². The van der Waals surface area contributed by atoms with Crippen LogP contribution in [0.4, 0.5) is 5.69 Å². The summed E-state index contributed by atoms with van der Waals surface area (Å²) in [6.45, 7) is 4.11. The highest BCUT2D eigenvalue weighted by atomic mass is 32.2. The first-order valence-corrected chi connectivity index (χ1v) is 11.9. The molecule has 1 amide bonds. The first kappa shape index (κ1) is 22.0. The van der Waals surface area contributed by atoms with Crippen molar-refractivity contribution in [2.45, 2.75) is 34.5 Å². The Balaban J connectivity index is 1.58. The number of pyridine rings is 1. The lowest BCUT2D eigenvalue weighted by atomic mass is 10.2. The van der Waals surface area contributed by atoms with Gasteiger partial charge in [0.25, 0.3) is 5.91 Å². The van der Waals surface area contributed by atoms with Gasteiger partial charge in [0.15, 0.2) is 5.16 Å². The second kappa shape index (κ2) is 10.4. The van der Waals surface area contributed by atoms with Gasteiger partial charge in [0.2, 0.25) is 0 Å². The van der Waals surface area contributed by atoms with E-state index >= 15 is 0 Å². The average molecular weight is 459 g/mol. The molecule has 2 aromatic heterocycles. The summed E-state index contributed by atoms with van der Waals surface area (Å²) in [5.74, 6) is 0.446. The van der Waals surface area contributed by atoms with E-state index in [0.717, 1.165) is 10.6 Å². The molecule has 4 aromatic rings. The van der Waals surface area contributed by atoms with Crippen LogP contribution >= 0.6 is 23.5 Å². The van der Waals surface area contributed by atoms with Gasteiger partial charge in [0, 0.05) is 23.0 Å². The Morgan fingerprint density at radius 3 is 2.34 bits per heavy atom. The summed E-state index contributed by atoms with van der Waals surface area (Å²) in [4.78, 5) is 28.0. The van der Waals surface area contributed by atoms with E-state index < -0.39 is 0 Å². The molecule has 0 spiro atoms. The summed E-state index contributed by atoms with van der Waals surface area (Å²) >= 11 is 2.99. The maximum Gasteiger partial charge on any atom is 0.275 e. The van der Waals surface area contributed by atoms with Crippen molar-refractivity contribution >= 4 is 35.1 Å². The third-order valence-electron chi connectivity index (χ3n) is 4.60. The lowest BCUT2D eigenvalue weighted by Crippen LogP contribution is -2.16. The van der Waals surface area contributed by atoms with Crippen LogP contribution in [0, 0.1) is 13.8 Å². The van der Waals surface area contributed by atoms with Gasteiger partial charge in [-0.05, 0) is 43.7 Å². The quantitative estimate of drug-likeness (QED) is 0.263. The van der Waals surface area contributed by atoms with Gasteiger partial charge in [-0.3, -0.25) is 9.78 Å². The Kier molecular flexibility index (Phi) is 7.19. The van der Waals surface area contributed by atoms with Gasteiger partial charge in [0.1, 0.15) is 5.69 Å². The predicted molar refractivity (Wildman–Crippen MR) is 130 cm³/mol. The van der Waals surface area contributed by atoms with Crippen molar-refractivity contribution in [3.05, 3.63) is 102 Å². The number of hydrogen-bond donors (Lipinski definition) is 1. The van der Waals surface area contributed by atoms with Crippen molar-refractivity contribution in [2.75, 3.05) is 5.32 Å². The Labute approximate surface area is 196 Å². The number of hydrogen-bond acceptors (Lipinski definition) is 6. The standard InChI is InChI=1S/C25H22N4OS2/c1-17-5-9-19(10-6-17)16-31-25-27-15-22(32-21-11-7-18(2)8-12-21)23(29-25)24(30)28-20-4-3-13-26-14-20/h3-15H,16H2,1-2H3,(H,28,30). The SMILES string of the molecule is Cc1ccc(CSc2ncc(Sc3ccc(C)cc3)c(C(=O)Nc3cccnc3)n2)cc1. The summed E-state index contributed by atoms with van der Waals surface area (Å²) in [6.07, 6.45) is 5.00. The minimum Gasteiger partial charge on any atom is -0.319 e. The van der Waals surface area contributed by atoms with Crippen LogP contribution in [0.5, 0.6) is 0 Å². The zero-order valence-corrected chi connectivity index (χ0v) is 19.4. The molecule has 0 aliphatic carbocycles. The smallest absolute Gasteiger partial charge is 0.275 e. The second-order valence-electron chi connectivity index (χ2n) is 7.25. The highest BCUT2D eigenvalue weighted by molar-refractivity contribution is 7.99. The molecule has 0 saturated heterocycles. The van der Waals surface area contributed by atoms with Crippen LogP contribution < -0.4 is 5.32 Å². The van der Waals surface area contributed by atoms with Crippen molar-refractivity contribution in [1.82, 2.24) is 15.0 Å². The summed E-state index contributed by atoms with van der Waals surface area (Å²) in [6, 6.07) is 20.1. The lowest BCUT2D eigenvalue weighted by Gasteiger charge is -2.11. The minimum atomic E-state index is -0.285. The summed E-state index contributed by atoms with van der Waals surface area (Å²) in [7, 11) is 0. The molecule has 2 heterocycles. The molecular weight excluding hydrogens is 436 g/mol. The van der Waals surface area contributed by atoms with Crippen LogP contribution in [0.3, 0.4) is 0 Å². The number of nitrogens with one attached hydrogen (secondary N) is 1. The average Bonchev–Trinajstić information content (AvgIpc) is 2.81. The molecule has 0 aliphatic rings. The minimum absolute atomic E-state index is 0.285. The number of anilines is 1. The van der Waals surface area contributed by atoms with Crippen LogP contribution in [0.2, 0.25) is 0 Å². The number of thioether (sulfide) groups is 1. The molecule has 5 nitrogen and oxygen atoms in total. The summed E-state index contributed by atoms with van der Waals surface area (Å²) in [5.41, 5.74) is 4.56. The molecule has 7 heteroatoms. The van der Waals surface area contributed by atoms with Crippen molar-refractivity contribution < 1.29 is 4.79 Å². The number of amides is 1. The molecule has 0 atom stereocenters. The van der Waals surface area contributed by atoms with Crippen molar-refractivity contribution in [3.8, 4) is 0 Å². The Bertz CT molecular complexity index is 1200. The van der Waals surface area contributed by atoms with Gasteiger partial charge in [-0.15, -0.1) is 0 Å². The number of aryl methyl sites for hydroxylation is 2. The Hall–Kier alpha value is -3.16. The third-order valence-corrected chi connectivity index (χ3v) is 6.56. The van der Waals surface area contributed by atoms with E-state index in [-0.39, 0.29) is 5.91 Å². The number of aromatic nitrogens is 3. The van der Waals surface area contributed by atoms with E-state index in [1.54, 1.807) is 30.7 Å². The number of nitrogens with zero attached hydrogens (tertiary/aromatic N) is 3. The van der Waals surface area contributed by atoms with E-state index in [1.165, 1.54) is 40.2 Å². The van der Waals surface area contributed by atoms with Gasteiger partial charge in [-0.25, -0.2) is 9.97 Å². The van der Waals surface area contributed by atoms with Crippen LogP contribution in [0.25, 0.3) is 0 Å². The molecule has 2 aromatic carbocycles. The molecule has 0 saturated carbocycles.